The number of rotatable bonds is 2. The molecule has 5 heteroatoms. The molecule has 0 radical (unpaired) electrons. The normalized spacial score (nSPS) is 10.4. The zero-order chi connectivity index (χ0) is 7.56. The Morgan fingerprint density at radius 2 is 2.20 bits per heavy atom. The van der Waals surface area contributed by atoms with E-state index in [9.17, 15) is 0 Å². The van der Waals surface area contributed by atoms with Crippen LogP contribution in [0.2, 0.25) is 0 Å². The second-order valence-corrected chi connectivity index (χ2v) is 2.90. The zero-order valence-corrected chi connectivity index (χ0v) is 7.07. The summed E-state index contributed by atoms with van der Waals surface area (Å²) in [6.45, 7) is 1.87. The van der Waals surface area contributed by atoms with Crippen LogP contribution in [-0.2, 0) is 0 Å². The third-order valence-electron chi connectivity index (χ3n) is 0.847. The summed E-state index contributed by atoms with van der Waals surface area (Å²) in [4.78, 5) is 4.11. The fourth-order valence-electron chi connectivity index (χ4n) is 0.534. The van der Waals surface area contributed by atoms with Crippen LogP contribution < -0.4 is 5.43 Å². The van der Waals surface area contributed by atoms with Crippen LogP contribution in [0.3, 0.4) is 0 Å². The van der Waals surface area contributed by atoms with E-state index >= 15 is 0 Å². The minimum absolute atomic E-state index is 0.814. The Bertz CT molecular complexity index is 207. The highest BCUT2D eigenvalue weighted by Gasteiger charge is 1.97. The molecule has 0 spiro atoms. The number of aryl methyl sites for hydroxylation is 1. The van der Waals surface area contributed by atoms with E-state index in [-0.39, 0.29) is 0 Å². The van der Waals surface area contributed by atoms with E-state index in [0.29, 0.717) is 0 Å². The van der Waals surface area contributed by atoms with E-state index in [2.05, 4.69) is 14.8 Å². The second-order valence-electron chi connectivity index (χ2n) is 2.15. The van der Waals surface area contributed by atoms with Gasteiger partial charge in [0.15, 0.2) is 0 Å². The van der Waals surface area contributed by atoms with Crippen LogP contribution in [0.1, 0.15) is 5.82 Å². The summed E-state index contributed by atoms with van der Waals surface area (Å²) in [7, 11) is 3.83. The average Bonchev–Trinajstić information content (AvgIpc) is 2.13. The van der Waals surface area contributed by atoms with E-state index < -0.39 is 0 Å². The van der Waals surface area contributed by atoms with Gasteiger partial charge in [-0.1, -0.05) is 0 Å². The van der Waals surface area contributed by atoms with Gasteiger partial charge in [0.25, 0.3) is 0 Å². The van der Waals surface area contributed by atoms with Gasteiger partial charge < -0.3 is 0 Å². The number of hydrogen-bond acceptors (Lipinski definition) is 5. The molecule has 0 atom stereocenters. The molecule has 4 nitrogen and oxygen atoms in total. The molecule has 0 saturated heterocycles. The van der Waals surface area contributed by atoms with Crippen molar-refractivity contribution in [1.29, 1.82) is 0 Å². The topological polar surface area (TPSA) is 41.1 Å². The first-order valence-electron chi connectivity index (χ1n) is 2.93. The highest BCUT2D eigenvalue weighted by atomic mass is 32.1. The van der Waals surface area contributed by atoms with E-state index in [1.165, 1.54) is 11.5 Å². The van der Waals surface area contributed by atoms with Gasteiger partial charge in [0.1, 0.15) is 5.82 Å². The van der Waals surface area contributed by atoms with Crippen LogP contribution in [0, 0.1) is 6.92 Å². The third-order valence-corrected chi connectivity index (χ3v) is 1.56. The second kappa shape index (κ2) is 2.94. The Morgan fingerprint density at radius 1 is 1.50 bits per heavy atom. The molecule has 0 bridgehead atoms. The molecule has 0 fully saturated rings. The lowest BCUT2D eigenvalue weighted by molar-refractivity contribution is 0.494. The molecule has 10 heavy (non-hydrogen) atoms. The van der Waals surface area contributed by atoms with Crippen molar-refractivity contribution in [2.75, 3.05) is 19.5 Å². The number of nitrogens with one attached hydrogen (secondary N) is 1. The maximum Gasteiger partial charge on any atom is 0.217 e. The Hall–Kier alpha value is -0.680. The Balaban J connectivity index is 2.58. The molecule has 0 aromatic carbocycles. The van der Waals surface area contributed by atoms with Crippen molar-refractivity contribution < 1.29 is 0 Å². The smallest absolute Gasteiger partial charge is 0.217 e. The maximum absolute atomic E-state index is 4.11. The molecular formula is C5H10N4S. The summed E-state index contributed by atoms with van der Waals surface area (Å²) in [6, 6.07) is 0. The number of aromatic nitrogens is 2. The molecule has 1 N–H and O–H groups in total. The monoisotopic (exact) mass is 158 g/mol. The minimum atomic E-state index is 0.814. The first-order chi connectivity index (χ1) is 4.68. The van der Waals surface area contributed by atoms with E-state index in [4.69, 9.17) is 0 Å². The van der Waals surface area contributed by atoms with Crippen molar-refractivity contribution in [2.24, 2.45) is 0 Å². The van der Waals surface area contributed by atoms with Crippen LogP contribution in [0.5, 0.6) is 0 Å². The molecule has 1 rings (SSSR count). The molecule has 0 amide bonds. The summed E-state index contributed by atoms with van der Waals surface area (Å²) < 4.78 is 4.01. The fourth-order valence-corrected chi connectivity index (χ4v) is 1.19. The number of anilines is 1. The third kappa shape index (κ3) is 1.93. The minimum Gasteiger partial charge on any atom is -0.294 e. The molecule has 0 aliphatic heterocycles. The standard InChI is InChI=1S/C5H10N4S/c1-4-6-5(10-8-4)7-9(2)3/h1-3H3,(H,6,7,8). The molecule has 0 aliphatic rings. The lowest BCUT2D eigenvalue weighted by Crippen LogP contribution is -2.19. The Kier molecular flexibility index (Phi) is 2.18. The molecular weight excluding hydrogens is 148 g/mol. The highest BCUT2D eigenvalue weighted by Crippen LogP contribution is 2.09. The van der Waals surface area contributed by atoms with E-state index in [0.717, 1.165) is 11.0 Å². The van der Waals surface area contributed by atoms with Gasteiger partial charge in [-0.15, -0.1) is 0 Å². The van der Waals surface area contributed by atoms with Gasteiger partial charge in [-0.3, -0.25) is 5.43 Å². The molecule has 1 aromatic heterocycles. The van der Waals surface area contributed by atoms with Crippen LogP contribution in [0.15, 0.2) is 0 Å². The number of hydrogen-bond donors (Lipinski definition) is 1. The fraction of sp³-hybridized carbons (Fsp3) is 0.600. The summed E-state index contributed by atoms with van der Waals surface area (Å²) in [5.41, 5.74) is 3.00. The van der Waals surface area contributed by atoms with Crippen molar-refractivity contribution in [3.8, 4) is 0 Å². The first-order valence-corrected chi connectivity index (χ1v) is 3.70. The summed E-state index contributed by atoms with van der Waals surface area (Å²) in [5.74, 6) is 0.814. The summed E-state index contributed by atoms with van der Waals surface area (Å²) in [5, 5.41) is 2.67. The molecule has 0 saturated carbocycles. The van der Waals surface area contributed by atoms with Crippen LogP contribution >= 0.6 is 11.5 Å². The van der Waals surface area contributed by atoms with E-state index in [1.807, 2.05) is 26.0 Å². The van der Waals surface area contributed by atoms with Crippen LogP contribution in [-0.4, -0.2) is 28.5 Å². The van der Waals surface area contributed by atoms with Gasteiger partial charge >= 0.3 is 0 Å². The predicted molar refractivity (Wildman–Crippen MR) is 42.0 cm³/mol. The van der Waals surface area contributed by atoms with Crippen molar-refractivity contribution in [2.45, 2.75) is 6.92 Å². The maximum atomic E-state index is 4.11. The van der Waals surface area contributed by atoms with Gasteiger partial charge in [0, 0.05) is 25.6 Å². The average molecular weight is 158 g/mol. The van der Waals surface area contributed by atoms with Gasteiger partial charge in [0.05, 0.1) is 0 Å². The predicted octanol–water partition coefficient (Wildman–Crippen LogP) is 0.735. The van der Waals surface area contributed by atoms with Crippen molar-refractivity contribution in [3.05, 3.63) is 5.82 Å². The van der Waals surface area contributed by atoms with Crippen molar-refractivity contribution >= 4 is 16.7 Å². The Morgan fingerprint density at radius 3 is 2.60 bits per heavy atom. The van der Waals surface area contributed by atoms with Crippen molar-refractivity contribution in [1.82, 2.24) is 14.4 Å². The number of nitrogens with zero attached hydrogens (tertiary/aromatic N) is 3. The molecule has 56 valence electrons. The lowest BCUT2D eigenvalue weighted by Gasteiger charge is -2.08. The molecule has 0 unspecified atom stereocenters. The largest absolute Gasteiger partial charge is 0.294 e. The lowest BCUT2D eigenvalue weighted by atomic mass is 10.7. The highest BCUT2D eigenvalue weighted by molar-refractivity contribution is 7.09. The van der Waals surface area contributed by atoms with Gasteiger partial charge in [-0.2, -0.15) is 4.37 Å². The van der Waals surface area contributed by atoms with Crippen molar-refractivity contribution in [3.63, 3.8) is 0 Å². The van der Waals surface area contributed by atoms with Gasteiger partial charge in [-0.05, 0) is 6.92 Å². The van der Waals surface area contributed by atoms with Gasteiger partial charge in [-0.25, -0.2) is 9.99 Å². The van der Waals surface area contributed by atoms with Crippen LogP contribution in [0.4, 0.5) is 5.13 Å². The number of hydrazine groups is 1. The van der Waals surface area contributed by atoms with E-state index in [1.54, 1.807) is 0 Å². The molecule has 1 aromatic rings. The quantitative estimate of drug-likeness (QED) is 0.644. The summed E-state index contributed by atoms with van der Waals surface area (Å²) in [6.07, 6.45) is 0. The van der Waals surface area contributed by atoms with Crippen LogP contribution in [0.25, 0.3) is 0 Å². The summed E-state index contributed by atoms with van der Waals surface area (Å²) >= 11 is 1.36. The molecule has 1 heterocycles. The zero-order valence-electron chi connectivity index (χ0n) is 6.25. The molecule has 0 aliphatic carbocycles. The first kappa shape index (κ1) is 7.43. The Labute approximate surface area is 64.0 Å². The SMILES string of the molecule is Cc1nsc(NN(C)C)n1. The van der Waals surface area contributed by atoms with Gasteiger partial charge in [0.2, 0.25) is 5.13 Å².